The quantitative estimate of drug-likeness (QED) is 0.895. The molecule has 0 aliphatic carbocycles. The molecule has 1 fully saturated rings. The van der Waals surface area contributed by atoms with Gasteiger partial charge in [0.1, 0.15) is 11.3 Å². The molecule has 0 radical (unpaired) electrons. The number of hydrogen-bond donors (Lipinski definition) is 2. The van der Waals surface area contributed by atoms with Gasteiger partial charge < -0.3 is 14.6 Å². The van der Waals surface area contributed by atoms with Crippen LogP contribution in [-0.4, -0.2) is 49.0 Å². The zero-order chi connectivity index (χ0) is 16.6. The predicted molar refractivity (Wildman–Crippen MR) is 85.0 cm³/mol. The van der Waals surface area contributed by atoms with Gasteiger partial charge in [-0.3, -0.25) is 4.79 Å². The second-order valence-electron chi connectivity index (χ2n) is 6.25. The van der Waals surface area contributed by atoms with E-state index in [1.165, 1.54) is 6.20 Å². The van der Waals surface area contributed by atoms with Gasteiger partial charge in [0, 0.05) is 24.5 Å². The van der Waals surface area contributed by atoms with Crippen LogP contribution in [0.2, 0.25) is 0 Å². The Bertz CT molecular complexity index is 706. The standard InChI is InChI=1S/C16H23N5O2/c1-4-21-11(2)8-13(12(21)3)15(22)20-7-5-6-16(23,10-20)14-9-17-19-18-14/h8-9,23H,4-7,10H2,1-3H3,(H,17,18,19). The second-order valence-corrected chi connectivity index (χ2v) is 6.25. The Hall–Kier alpha value is -2.15. The number of aromatic nitrogens is 4. The highest BCUT2D eigenvalue weighted by Crippen LogP contribution is 2.31. The molecule has 124 valence electrons. The summed E-state index contributed by atoms with van der Waals surface area (Å²) in [4.78, 5) is 14.6. The summed E-state index contributed by atoms with van der Waals surface area (Å²) in [5.41, 5.74) is 2.14. The third-order valence-electron chi connectivity index (χ3n) is 4.77. The van der Waals surface area contributed by atoms with Gasteiger partial charge >= 0.3 is 0 Å². The monoisotopic (exact) mass is 317 g/mol. The SMILES string of the molecule is CCn1c(C)cc(C(=O)N2CCCC(O)(c3cn[nH]n3)C2)c1C. The molecule has 3 rings (SSSR count). The number of aryl methyl sites for hydroxylation is 1. The minimum absolute atomic E-state index is 0.0283. The maximum atomic E-state index is 12.9. The Morgan fingerprint density at radius 1 is 1.48 bits per heavy atom. The highest BCUT2D eigenvalue weighted by Gasteiger charge is 2.39. The molecular formula is C16H23N5O2. The Kier molecular flexibility index (Phi) is 3.97. The van der Waals surface area contributed by atoms with E-state index in [9.17, 15) is 9.90 Å². The first-order chi connectivity index (χ1) is 11.0. The van der Waals surface area contributed by atoms with E-state index in [0.29, 0.717) is 24.2 Å². The Balaban J connectivity index is 1.86. The van der Waals surface area contributed by atoms with Crippen LogP contribution in [0.1, 0.15) is 47.2 Å². The molecule has 1 aliphatic rings. The number of carbonyl (C=O) groups is 1. The van der Waals surface area contributed by atoms with Gasteiger partial charge in [-0.15, -0.1) is 0 Å². The van der Waals surface area contributed by atoms with Crippen LogP contribution in [0.3, 0.4) is 0 Å². The van der Waals surface area contributed by atoms with Gasteiger partial charge in [0.05, 0.1) is 18.3 Å². The van der Waals surface area contributed by atoms with E-state index in [1.54, 1.807) is 4.90 Å². The number of rotatable bonds is 3. The number of nitrogens with one attached hydrogen (secondary N) is 1. The molecule has 0 aromatic carbocycles. The van der Waals surface area contributed by atoms with Crippen LogP contribution in [0, 0.1) is 13.8 Å². The smallest absolute Gasteiger partial charge is 0.255 e. The molecule has 1 amide bonds. The van der Waals surface area contributed by atoms with Crippen molar-refractivity contribution in [3.63, 3.8) is 0 Å². The first-order valence-electron chi connectivity index (χ1n) is 8.01. The summed E-state index contributed by atoms with van der Waals surface area (Å²) in [6, 6.07) is 1.94. The highest BCUT2D eigenvalue weighted by atomic mass is 16.3. The first kappa shape index (κ1) is 15.7. The number of aliphatic hydroxyl groups is 1. The van der Waals surface area contributed by atoms with Crippen molar-refractivity contribution in [2.24, 2.45) is 0 Å². The molecule has 2 aromatic heterocycles. The van der Waals surface area contributed by atoms with E-state index >= 15 is 0 Å². The van der Waals surface area contributed by atoms with Crippen molar-refractivity contribution >= 4 is 5.91 Å². The molecule has 1 atom stereocenters. The van der Waals surface area contributed by atoms with E-state index < -0.39 is 5.60 Å². The predicted octanol–water partition coefficient (Wildman–Crippen LogP) is 1.37. The van der Waals surface area contributed by atoms with Crippen LogP contribution in [0.15, 0.2) is 12.3 Å². The molecule has 1 aliphatic heterocycles. The van der Waals surface area contributed by atoms with E-state index in [2.05, 4.69) is 26.9 Å². The highest BCUT2D eigenvalue weighted by molar-refractivity contribution is 5.95. The number of hydrogen-bond acceptors (Lipinski definition) is 4. The number of likely N-dealkylation sites (tertiary alicyclic amines) is 1. The number of nitrogens with zero attached hydrogens (tertiary/aromatic N) is 4. The molecule has 0 saturated carbocycles. The van der Waals surface area contributed by atoms with E-state index in [1.807, 2.05) is 19.9 Å². The van der Waals surface area contributed by atoms with Crippen LogP contribution in [-0.2, 0) is 12.1 Å². The third-order valence-corrected chi connectivity index (χ3v) is 4.77. The van der Waals surface area contributed by atoms with Crippen molar-refractivity contribution in [1.29, 1.82) is 0 Å². The lowest BCUT2D eigenvalue weighted by Crippen LogP contribution is -2.48. The maximum Gasteiger partial charge on any atom is 0.255 e. The maximum absolute atomic E-state index is 12.9. The fourth-order valence-corrected chi connectivity index (χ4v) is 3.52. The fraction of sp³-hybridized carbons (Fsp3) is 0.562. The van der Waals surface area contributed by atoms with Crippen molar-refractivity contribution in [2.75, 3.05) is 13.1 Å². The molecule has 1 unspecified atom stereocenters. The zero-order valence-electron chi connectivity index (χ0n) is 13.8. The van der Waals surface area contributed by atoms with Gasteiger partial charge in [-0.05, 0) is 39.7 Å². The Morgan fingerprint density at radius 2 is 2.26 bits per heavy atom. The number of aromatic amines is 1. The van der Waals surface area contributed by atoms with Gasteiger partial charge in [0.25, 0.3) is 5.91 Å². The Morgan fingerprint density at radius 3 is 2.87 bits per heavy atom. The third kappa shape index (κ3) is 2.65. The molecule has 2 N–H and O–H groups in total. The largest absolute Gasteiger partial charge is 0.382 e. The van der Waals surface area contributed by atoms with Gasteiger partial charge in [-0.2, -0.15) is 15.4 Å². The van der Waals surface area contributed by atoms with Crippen molar-refractivity contribution < 1.29 is 9.90 Å². The molecule has 2 aromatic rings. The number of β-amino-alcohol motifs (C(OH)–C–C–N with tert-alkyl or cyclic N) is 1. The van der Waals surface area contributed by atoms with Crippen molar-refractivity contribution in [3.05, 3.63) is 34.9 Å². The lowest BCUT2D eigenvalue weighted by molar-refractivity contribution is -0.0320. The molecule has 0 bridgehead atoms. The van der Waals surface area contributed by atoms with E-state index in [4.69, 9.17) is 0 Å². The zero-order valence-corrected chi connectivity index (χ0v) is 13.8. The number of piperidine rings is 1. The summed E-state index contributed by atoms with van der Waals surface area (Å²) in [5.74, 6) is -0.0283. The average molecular weight is 317 g/mol. The molecule has 0 spiro atoms. The van der Waals surface area contributed by atoms with Crippen LogP contribution in [0.25, 0.3) is 0 Å². The summed E-state index contributed by atoms with van der Waals surface area (Å²) in [6.07, 6.45) is 2.84. The fourth-order valence-electron chi connectivity index (χ4n) is 3.52. The van der Waals surface area contributed by atoms with Crippen LogP contribution in [0.4, 0.5) is 0 Å². The summed E-state index contributed by atoms with van der Waals surface area (Å²) >= 11 is 0. The van der Waals surface area contributed by atoms with Gasteiger partial charge in [-0.25, -0.2) is 0 Å². The molecule has 7 nitrogen and oxygen atoms in total. The first-order valence-corrected chi connectivity index (χ1v) is 8.01. The lowest BCUT2D eigenvalue weighted by atomic mass is 9.89. The normalized spacial score (nSPS) is 21.7. The summed E-state index contributed by atoms with van der Waals surface area (Å²) in [7, 11) is 0. The molecule has 23 heavy (non-hydrogen) atoms. The number of H-pyrrole nitrogens is 1. The lowest BCUT2D eigenvalue weighted by Gasteiger charge is -2.38. The molecular weight excluding hydrogens is 294 g/mol. The van der Waals surface area contributed by atoms with Crippen molar-refractivity contribution in [3.8, 4) is 0 Å². The van der Waals surface area contributed by atoms with Crippen molar-refractivity contribution in [2.45, 2.75) is 45.8 Å². The van der Waals surface area contributed by atoms with Crippen molar-refractivity contribution in [1.82, 2.24) is 24.9 Å². The minimum atomic E-state index is -1.13. The number of carbonyl (C=O) groups excluding carboxylic acids is 1. The van der Waals surface area contributed by atoms with E-state index in [0.717, 1.165) is 24.4 Å². The molecule has 1 saturated heterocycles. The average Bonchev–Trinajstić information content (AvgIpc) is 3.16. The molecule has 3 heterocycles. The topological polar surface area (TPSA) is 87.0 Å². The summed E-state index contributed by atoms with van der Waals surface area (Å²) < 4.78 is 2.13. The van der Waals surface area contributed by atoms with Gasteiger partial charge in [-0.1, -0.05) is 0 Å². The second kappa shape index (κ2) is 5.81. The van der Waals surface area contributed by atoms with Crippen LogP contribution < -0.4 is 0 Å². The molecule has 7 heteroatoms. The number of amides is 1. The van der Waals surface area contributed by atoms with Gasteiger partial charge in [0.2, 0.25) is 0 Å². The minimum Gasteiger partial charge on any atom is -0.382 e. The Labute approximate surface area is 135 Å². The summed E-state index contributed by atoms with van der Waals surface area (Å²) in [6.45, 7) is 7.78. The van der Waals surface area contributed by atoms with Gasteiger partial charge in [0.15, 0.2) is 0 Å². The van der Waals surface area contributed by atoms with Crippen LogP contribution in [0.5, 0.6) is 0 Å². The van der Waals surface area contributed by atoms with Crippen LogP contribution >= 0.6 is 0 Å². The van der Waals surface area contributed by atoms with E-state index in [-0.39, 0.29) is 12.5 Å². The summed E-state index contributed by atoms with van der Waals surface area (Å²) in [5, 5.41) is 21.1.